The summed E-state index contributed by atoms with van der Waals surface area (Å²) in [5.41, 5.74) is 1.80. The molecule has 4 aromatic rings. The number of nitrogens with zero attached hydrogens (tertiary/aromatic N) is 4. The maximum atomic E-state index is 13.4. The third kappa shape index (κ3) is 6.21. The maximum Gasteiger partial charge on any atom is 0.251 e. The van der Waals surface area contributed by atoms with Crippen molar-refractivity contribution >= 4 is 17.5 Å². The largest absolute Gasteiger partial charge is 0.487 e. The van der Waals surface area contributed by atoms with Gasteiger partial charge in [0.1, 0.15) is 24.3 Å². The van der Waals surface area contributed by atoms with Gasteiger partial charge < -0.3 is 14.8 Å². The highest BCUT2D eigenvalue weighted by molar-refractivity contribution is 6.32. The van der Waals surface area contributed by atoms with Gasteiger partial charge >= 0.3 is 0 Å². The fraction of sp³-hybridized carbons (Fsp3) is 0.269. The molecular weight excluding hydrogens is 499 g/mol. The van der Waals surface area contributed by atoms with Gasteiger partial charge in [0.2, 0.25) is 11.7 Å². The first-order valence-electron chi connectivity index (χ1n) is 11.9. The number of rotatable bonds is 8. The van der Waals surface area contributed by atoms with Crippen LogP contribution in [0.2, 0.25) is 5.02 Å². The van der Waals surface area contributed by atoms with Crippen LogP contribution in [0.4, 0.5) is 4.39 Å². The lowest BCUT2D eigenvalue weighted by molar-refractivity contribution is 0.0890. The number of tetrazole rings is 1. The quantitative estimate of drug-likeness (QED) is 0.343. The molecule has 0 aliphatic heterocycles. The van der Waals surface area contributed by atoms with E-state index < -0.39 is 0 Å². The molecule has 2 aromatic heterocycles. The van der Waals surface area contributed by atoms with E-state index in [0.29, 0.717) is 39.2 Å². The second-order valence-corrected chi connectivity index (χ2v) is 9.13. The molecule has 190 valence electrons. The van der Waals surface area contributed by atoms with Gasteiger partial charge in [-0.05, 0) is 78.9 Å². The lowest BCUT2D eigenvalue weighted by atomic mass is 9.92. The number of hydrogen-bond acceptors (Lipinski definition) is 7. The zero-order valence-electron chi connectivity index (χ0n) is 19.7. The normalized spacial score (nSPS) is 17.2. The first-order valence-corrected chi connectivity index (χ1v) is 12.3. The molecule has 2 heterocycles. The first-order chi connectivity index (χ1) is 18.0. The van der Waals surface area contributed by atoms with Crippen LogP contribution in [0.5, 0.6) is 11.6 Å². The van der Waals surface area contributed by atoms with Crippen LogP contribution < -0.4 is 14.8 Å². The van der Waals surface area contributed by atoms with Crippen molar-refractivity contribution in [1.82, 2.24) is 30.9 Å². The number of aromatic nitrogens is 5. The van der Waals surface area contributed by atoms with E-state index in [9.17, 15) is 9.18 Å². The van der Waals surface area contributed by atoms with Crippen molar-refractivity contribution < 1.29 is 18.7 Å². The van der Waals surface area contributed by atoms with E-state index in [0.717, 1.165) is 25.7 Å². The van der Waals surface area contributed by atoms with Crippen molar-refractivity contribution in [2.75, 3.05) is 0 Å². The van der Waals surface area contributed by atoms with Crippen molar-refractivity contribution in [2.45, 2.75) is 44.4 Å². The number of ether oxygens (including phenoxy) is 2. The molecule has 37 heavy (non-hydrogen) atoms. The van der Waals surface area contributed by atoms with E-state index in [4.69, 9.17) is 21.1 Å². The number of amides is 1. The molecule has 9 nitrogen and oxygen atoms in total. The Bertz CT molecular complexity index is 1360. The SMILES string of the molecule is O=C(NC1CCC(Oc2ncccc2-c2nn[nH]n2)CC1)c1ccc(OCc2cccc(F)c2)c(Cl)c1. The molecule has 1 amide bonds. The minimum atomic E-state index is -0.329. The smallest absolute Gasteiger partial charge is 0.251 e. The number of hydrogen-bond donors (Lipinski definition) is 2. The van der Waals surface area contributed by atoms with Gasteiger partial charge in [-0.15, -0.1) is 10.2 Å². The summed E-state index contributed by atoms with van der Waals surface area (Å²) in [6.45, 7) is 0.170. The number of carbonyl (C=O) groups is 1. The van der Waals surface area contributed by atoms with Crippen molar-refractivity contribution in [3.63, 3.8) is 0 Å². The van der Waals surface area contributed by atoms with Gasteiger partial charge in [0, 0.05) is 17.8 Å². The van der Waals surface area contributed by atoms with Gasteiger partial charge in [-0.1, -0.05) is 23.7 Å². The fourth-order valence-electron chi connectivity index (χ4n) is 4.23. The molecule has 0 unspecified atom stereocenters. The predicted octanol–water partition coefficient (Wildman–Crippen LogP) is 4.75. The Morgan fingerprint density at radius 1 is 1.11 bits per heavy atom. The highest BCUT2D eigenvalue weighted by atomic mass is 35.5. The Labute approximate surface area is 217 Å². The Kier molecular flexibility index (Phi) is 7.55. The summed E-state index contributed by atoms with van der Waals surface area (Å²) in [6, 6.07) is 14.7. The Hall–Kier alpha value is -4.05. The second-order valence-electron chi connectivity index (χ2n) is 8.72. The summed E-state index contributed by atoms with van der Waals surface area (Å²) in [5.74, 6) is 0.783. The number of carbonyl (C=O) groups excluding carboxylic acids is 1. The minimum absolute atomic E-state index is 0.0236. The average Bonchev–Trinajstić information content (AvgIpc) is 3.44. The van der Waals surface area contributed by atoms with Crippen LogP contribution in [0.15, 0.2) is 60.8 Å². The molecule has 0 bridgehead atoms. The van der Waals surface area contributed by atoms with Crippen LogP contribution in [0.3, 0.4) is 0 Å². The summed E-state index contributed by atoms with van der Waals surface area (Å²) in [6.07, 6.45) is 4.69. The number of nitrogens with one attached hydrogen (secondary N) is 2. The second kappa shape index (κ2) is 11.3. The Balaban J connectivity index is 1.12. The minimum Gasteiger partial charge on any atom is -0.487 e. The molecule has 2 aromatic carbocycles. The van der Waals surface area contributed by atoms with Gasteiger partial charge in [-0.2, -0.15) is 5.21 Å². The van der Waals surface area contributed by atoms with Crippen LogP contribution in [0.25, 0.3) is 11.4 Å². The van der Waals surface area contributed by atoms with Crippen LogP contribution >= 0.6 is 11.6 Å². The van der Waals surface area contributed by atoms with Gasteiger partial charge in [-0.3, -0.25) is 4.79 Å². The molecular formula is C26H24ClFN6O3. The predicted molar refractivity (Wildman–Crippen MR) is 134 cm³/mol. The Morgan fingerprint density at radius 3 is 2.73 bits per heavy atom. The van der Waals surface area contributed by atoms with Crippen molar-refractivity contribution in [3.05, 3.63) is 82.8 Å². The summed E-state index contributed by atoms with van der Waals surface area (Å²) < 4.78 is 25.2. The molecule has 1 aliphatic carbocycles. The molecule has 1 saturated carbocycles. The highest BCUT2D eigenvalue weighted by Gasteiger charge is 2.26. The number of aromatic amines is 1. The third-order valence-electron chi connectivity index (χ3n) is 6.12. The Morgan fingerprint density at radius 2 is 1.97 bits per heavy atom. The summed E-state index contributed by atoms with van der Waals surface area (Å²) >= 11 is 6.34. The van der Waals surface area contributed by atoms with Crippen molar-refractivity contribution in [2.24, 2.45) is 0 Å². The topological polar surface area (TPSA) is 115 Å². The number of H-pyrrole nitrogens is 1. The third-order valence-corrected chi connectivity index (χ3v) is 6.42. The first kappa shape index (κ1) is 24.6. The molecule has 1 fully saturated rings. The average molecular weight is 523 g/mol. The van der Waals surface area contributed by atoms with Crippen molar-refractivity contribution in [1.29, 1.82) is 0 Å². The molecule has 0 atom stereocenters. The van der Waals surface area contributed by atoms with E-state index in [1.54, 1.807) is 42.6 Å². The molecule has 0 saturated heterocycles. The molecule has 0 radical (unpaired) electrons. The van der Waals surface area contributed by atoms with Crippen molar-refractivity contribution in [3.8, 4) is 23.0 Å². The van der Waals surface area contributed by atoms with Gasteiger partial charge in [0.05, 0.1) is 10.6 Å². The van der Waals surface area contributed by atoms with Gasteiger partial charge in [0.25, 0.3) is 5.91 Å². The van der Waals surface area contributed by atoms with E-state index >= 15 is 0 Å². The molecule has 0 spiro atoms. The fourth-order valence-corrected chi connectivity index (χ4v) is 4.46. The van der Waals surface area contributed by atoms with E-state index in [1.165, 1.54) is 12.1 Å². The van der Waals surface area contributed by atoms with Crippen LogP contribution in [0.1, 0.15) is 41.6 Å². The highest BCUT2D eigenvalue weighted by Crippen LogP contribution is 2.30. The summed E-state index contributed by atoms with van der Waals surface area (Å²) in [5, 5.41) is 17.4. The zero-order valence-corrected chi connectivity index (χ0v) is 20.5. The number of pyridine rings is 1. The van der Waals surface area contributed by atoms with E-state index in [-0.39, 0.29) is 30.5 Å². The number of benzene rings is 2. The molecule has 2 N–H and O–H groups in total. The van der Waals surface area contributed by atoms with Gasteiger partial charge in [0.15, 0.2) is 0 Å². The van der Waals surface area contributed by atoms with Gasteiger partial charge in [-0.25, -0.2) is 9.37 Å². The van der Waals surface area contributed by atoms with Crippen LogP contribution in [-0.4, -0.2) is 43.7 Å². The van der Waals surface area contributed by atoms with Crippen LogP contribution in [0, 0.1) is 5.82 Å². The standard InChI is InChI=1S/C26H24ClFN6O3/c27-22-14-17(6-11-23(22)36-15-16-3-1-4-18(28)13-16)25(35)30-19-7-9-20(10-8-19)37-26-21(5-2-12-29-26)24-31-33-34-32-24/h1-6,11-14,19-20H,7-10,15H2,(H,30,35)(H,31,32,33,34). The lowest BCUT2D eigenvalue weighted by Gasteiger charge is -2.29. The summed E-state index contributed by atoms with van der Waals surface area (Å²) in [4.78, 5) is 17.2. The lowest BCUT2D eigenvalue weighted by Crippen LogP contribution is -2.39. The molecule has 1 aliphatic rings. The number of halogens is 2. The molecule has 5 rings (SSSR count). The summed E-state index contributed by atoms with van der Waals surface area (Å²) in [7, 11) is 0. The zero-order chi connectivity index (χ0) is 25.6. The maximum absolute atomic E-state index is 13.4. The van der Waals surface area contributed by atoms with Crippen LogP contribution in [-0.2, 0) is 6.61 Å². The van der Waals surface area contributed by atoms with E-state index in [1.807, 2.05) is 6.07 Å². The monoisotopic (exact) mass is 522 g/mol. The van der Waals surface area contributed by atoms with E-state index in [2.05, 4.69) is 30.9 Å². The molecule has 11 heteroatoms.